The summed E-state index contributed by atoms with van der Waals surface area (Å²) in [7, 11) is 1.59. The van der Waals surface area contributed by atoms with Crippen LogP contribution in [0.1, 0.15) is 18.9 Å². The van der Waals surface area contributed by atoms with Crippen molar-refractivity contribution in [3.63, 3.8) is 0 Å². The Morgan fingerprint density at radius 1 is 1.47 bits per heavy atom. The van der Waals surface area contributed by atoms with Crippen LogP contribution in [0.15, 0.2) is 18.3 Å². The van der Waals surface area contributed by atoms with E-state index in [0.29, 0.717) is 21.9 Å². The molecule has 0 aliphatic rings. The van der Waals surface area contributed by atoms with Gasteiger partial charge in [-0.15, -0.1) is 0 Å². The molecule has 0 aliphatic carbocycles. The molecule has 0 unspecified atom stereocenters. The summed E-state index contributed by atoms with van der Waals surface area (Å²) in [6.45, 7) is 2.83. The molecule has 5 heteroatoms. The molecule has 4 nitrogen and oxygen atoms in total. The normalized spacial score (nSPS) is 10.2. The van der Waals surface area contributed by atoms with E-state index >= 15 is 0 Å². The van der Waals surface area contributed by atoms with Crippen molar-refractivity contribution in [2.75, 3.05) is 19.0 Å². The van der Waals surface area contributed by atoms with Crippen LogP contribution in [0.2, 0.25) is 5.02 Å². The zero-order chi connectivity index (χ0) is 13.8. The second kappa shape index (κ2) is 5.77. The molecule has 98 valence electrons. The highest BCUT2D eigenvalue weighted by atomic mass is 35.5. The standard InChI is InChI=1S/C14H14ClN3O/c1-3-6-17-13-9(7-16)8-18-14-10(15)4-5-11(19-2)12(13)14/h4-5,8H,3,6H2,1-2H3,(H,17,18). The third-order valence-electron chi connectivity index (χ3n) is 2.82. The summed E-state index contributed by atoms with van der Waals surface area (Å²) in [4.78, 5) is 4.25. The monoisotopic (exact) mass is 275 g/mol. The van der Waals surface area contributed by atoms with E-state index in [2.05, 4.69) is 23.3 Å². The molecule has 0 fully saturated rings. The van der Waals surface area contributed by atoms with E-state index in [0.717, 1.165) is 24.0 Å². The minimum atomic E-state index is 0.488. The summed E-state index contributed by atoms with van der Waals surface area (Å²) in [6.07, 6.45) is 2.49. The van der Waals surface area contributed by atoms with Gasteiger partial charge in [0.2, 0.25) is 0 Å². The van der Waals surface area contributed by atoms with E-state index in [4.69, 9.17) is 16.3 Å². The number of rotatable bonds is 4. The summed E-state index contributed by atoms with van der Waals surface area (Å²) in [5.41, 5.74) is 1.86. The van der Waals surface area contributed by atoms with Crippen LogP contribution in [0.4, 0.5) is 5.69 Å². The van der Waals surface area contributed by atoms with E-state index in [1.165, 1.54) is 6.20 Å². The molecular formula is C14H14ClN3O. The van der Waals surface area contributed by atoms with E-state index in [1.54, 1.807) is 19.2 Å². The number of nitrogens with zero attached hydrogens (tertiary/aromatic N) is 2. The number of ether oxygens (including phenoxy) is 1. The van der Waals surface area contributed by atoms with Crippen molar-refractivity contribution in [2.45, 2.75) is 13.3 Å². The summed E-state index contributed by atoms with van der Waals surface area (Å²) < 4.78 is 5.35. The fourth-order valence-electron chi connectivity index (χ4n) is 1.93. The van der Waals surface area contributed by atoms with Crippen molar-refractivity contribution in [3.8, 4) is 11.8 Å². The maximum absolute atomic E-state index is 9.21. The number of pyridine rings is 1. The van der Waals surface area contributed by atoms with Gasteiger partial charge in [0.25, 0.3) is 0 Å². The van der Waals surface area contributed by atoms with Crippen molar-refractivity contribution < 1.29 is 4.74 Å². The second-order valence-corrected chi connectivity index (χ2v) is 4.47. The number of hydrogen-bond donors (Lipinski definition) is 1. The van der Waals surface area contributed by atoms with Gasteiger partial charge in [-0.3, -0.25) is 4.98 Å². The molecule has 1 N–H and O–H groups in total. The molecule has 2 aromatic rings. The first kappa shape index (κ1) is 13.4. The van der Waals surface area contributed by atoms with E-state index in [-0.39, 0.29) is 0 Å². The second-order valence-electron chi connectivity index (χ2n) is 4.06. The maximum Gasteiger partial charge on any atom is 0.130 e. The van der Waals surface area contributed by atoms with Gasteiger partial charge >= 0.3 is 0 Å². The molecule has 0 amide bonds. The Kier molecular flexibility index (Phi) is 4.08. The van der Waals surface area contributed by atoms with Crippen molar-refractivity contribution in [1.82, 2.24) is 4.98 Å². The Bertz CT molecular complexity index is 649. The summed E-state index contributed by atoms with van der Waals surface area (Å²) >= 11 is 6.16. The van der Waals surface area contributed by atoms with Crippen molar-refractivity contribution in [2.24, 2.45) is 0 Å². The first-order valence-electron chi connectivity index (χ1n) is 6.02. The number of halogens is 1. The van der Waals surface area contributed by atoms with Gasteiger partial charge in [-0.2, -0.15) is 5.26 Å². The minimum absolute atomic E-state index is 0.488. The average molecular weight is 276 g/mol. The number of hydrogen-bond acceptors (Lipinski definition) is 4. The largest absolute Gasteiger partial charge is 0.496 e. The highest BCUT2D eigenvalue weighted by Gasteiger charge is 2.15. The number of methoxy groups -OCH3 is 1. The number of anilines is 1. The smallest absolute Gasteiger partial charge is 0.130 e. The molecule has 0 spiro atoms. The van der Waals surface area contributed by atoms with Crippen LogP contribution in [-0.4, -0.2) is 18.6 Å². The Morgan fingerprint density at radius 3 is 2.89 bits per heavy atom. The molecule has 1 aromatic carbocycles. The van der Waals surface area contributed by atoms with Crippen LogP contribution in [0, 0.1) is 11.3 Å². The predicted octanol–water partition coefficient (Wildman–Crippen LogP) is 3.59. The number of nitrogens with one attached hydrogen (secondary N) is 1. The fourth-order valence-corrected chi connectivity index (χ4v) is 2.14. The van der Waals surface area contributed by atoms with Gasteiger partial charge in [0.15, 0.2) is 0 Å². The number of nitriles is 1. The van der Waals surface area contributed by atoms with Crippen LogP contribution < -0.4 is 10.1 Å². The van der Waals surface area contributed by atoms with Crippen LogP contribution in [0.3, 0.4) is 0 Å². The van der Waals surface area contributed by atoms with Gasteiger partial charge in [-0.1, -0.05) is 18.5 Å². The summed E-state index contributed by atoms with van der Waals surface area (Å²) in [5, 5.41) is 13.8. The average Bonchev–Trinajstić information content (AvgIpc) is 2.45. The van der Waals surface area contributed by atoms with Crippen LogP contribution in [-0.2, 0) is 0 Å². The van der Waals surface area contributed by atoms with Crippen LogP contribution >= 0.6 is 11.6 Å². The fraction of sp³-hybridized carbons (Fsp3) is 0.286. The third-order valence-corrected chi connectivity index (χ3v) is 3.13. The topological polar surface area (TPSA) is 57.9 Å². The summed E-state index contributed by atoms with van der Waals surface area (Å²) in [6, 6.07) is 5.67. The number of benzene rings is 1. The SMILES string of the molecule is CCCNc1c(C#N)cnc2c(Cl)ccc(OC)c12. The highest BCUT2D eigenvalue weighted by Crippen LogP contribution is 2.36. The molecule has 2 rings (SSSR count). The Hall–Kier alpha value is -1.99. The number of aromatic nitrogens is 1. The van der Waals surface area contributed by atoms with E-state index < -0.39 is 0 Å². The highest BCUT2D eigenvalue weighted by molar-refractivity contribution is 6.35. The lowest BCUT2D eigenvalue weighted by molar-refractivity contribution is 0.420. The predicted molar refractivity (Wildman–Crippen MR) is 76.8 cm³/mol. The van der Waals surface area contributed by atoms with Gasteiger partial charge in [-0.25, -0.2) is 0 Å². The van der Waals surface area contributed by atoms with Crippen LogP contribution in [0.25, 0.3) is 10.9 Å². The van der Waals surface area contributed by atoms with E-state index in [1.807, 2.05) is 0 Å². The Morgan fingerprint density at radius 2 is 2.26 bits per heavy atom. The lowest BCUT2D eigenvalue weighted by Gasteiger charge is -2.14. The van der Waals surface area contributed by atoms with Crippen molar-refractivity contribution in [1.29, 1.82) is 5.26 Å². The molecule has 1 heterocycles. The lowest BCUT2D eigenvalue weighted by Crippen LogP contribution is -2.04. The molecule has 0 radical (unpaired) electrons. The van der Waals surface area contributed by atoms with Crippen molar-refractivity contribution in [3.05, 3.63) is 28.9 Å². The summed E-state index contributed by atoms with van der Waals surface area (Å²) in [5.74, 6) is 0.655. The molecule has 19 heavy (non-hydrogen) atoms. The third kappa shape index (κ3) is 2.42. The van der Waals surface area contributed by atoms with E-state index in [9.17, 15) is 5.26 Å². The van der Waals surface area contributed by atoms with Gasteiger partial charge < -0.3 is 10.1 Å². The Labute approximate surface area is 117 Å². The molecule has 0 bridgehead atoms. The van der Waals surface area contributed by atoms with Crippen LogP contribution in [0.5, 0.6) is 5.75 Å². The molecule has 0 saturated carbocycles. The van der Waals surface area contributed by atoms with Gasteiger partial charge in [-0.05, 0) is 18.6 Å². The maximum atomic E-state index is 9.21. The first-order valence-corrected chi connectivity index (χ1v) is 6.39. The Balaban J connectivity index is 2.78. The molecule has 0 atom stereocenters. The quantitative estimate of drug-likeness (QED) is 0.926. The first-order chi connectivity index (χ1) is 9.22. The lowest BCUT2D eigenvalue weighted by atomic mass is 10.1. The molecule has 1 aromatic heterocycles. The molecular weight excluding hydrogens is 262 g/mol. The zero-order valence-electron chi connectivity index (χ0n) is 10.8. The molecule has 0 aliphatic heterocycles. The minimum Gasteiger partial charge on any atom is -0.496 e. The van der Waals surface area contributed by atoms with Gasteiger partial charge in [0.05, 0.1) is 34.3 Å². The van der Waals surface area contributed by atoms with Gasteiger partial charge in [0.1, 0.15) is 11.8 Å². The van der Waals surface area contributed by atoms with Crippen molar-refractivity contribution >= 4 is 28.2 Å². The zero-order valence-corrected chi connectivity index (χ0v) is 11.6. The van der Waals surface area contributed by atoms with Gasteiger partial charge in [0, 0.05) is 12.7 Å². The molecule has 0 saturated heterocycles. The number of fused-ring (bicyclic) bond motifs is 1.